The van der Waals surface area contributed by atoms with Crippen molar-refractivity contribution in [2.24, 2.45) is 0 Å². The van der Waals surface area contributed by atoms with Crippen LogP contribution in [0.1, 0.15) is 18.9 Å². The van der Waals surface area contributed by atoms with Gasteiger partial charge in [0.15, 0.2) is 0 Å². The van der Waals surface area contributed by atoms with E-state index in [1.54, 1.807) is 7.11 Å². The molecule has 14 heavy (non-hydrogen) atoms. The minimum Gasteiger partial charge on any atom is -0.497 e. The van der Waals surface area contributed by atoms with Crippen molar-refractivity contribution in [3.63, 3.8) is 0 Å². The van der Waals surface area contributed by atoms with Crippen LogP contribution in [-0.4, -0.2) is 13.2 Å². The Labute approximate surface area is 84.2 Å². The molecule has 1 aromatic carbocycles. The first kappa shape index (κ1) is 9.13. The molecule has 0 bridgehead atoms. The van der Waals surface area contributed by atoms with Crippen LogP contribution in [0.25, 0.3) is 6.08 Å². The molecule has 2 heteroatoms. The predicted octanol–water partition coefficient (Wildman–Crippen LogP) is 2.88. The highest BCUT2D eigenvalue weighted by atomic mass is 16.5. The lowest BCUT2D eigenvalue weighted by molar-refractivity contribution is 0.240. The summed E-state index contributed by atoms with van der Waals surface area (Å²) >= 11 is 0. The van der Waals surface area contributed by atoms with E-state index in [1.807, 2.05) is 18.2 Å². The van der Waals surface area contributed by atoms with Crippen molar-refractivity contribution >= 4 is 6.08 Å². The Bertz CT molecular complexity index is 355. The van der Waals surface area contributed by atoms with Crippen molar-refractivity contribution in [2.75, 3.05) is 7.11 Å². The number of fused-ring (bicyclic) bond motifs is 1. The first-order valence-corrected chi connectivity index (χ1v) is 4.86. The third kappa shape index (κ3) is 1.60. The van der Waals surface area contributed by atoms with E-state index < -0.39 is 0 Å². The fourth-order valence-electron chi connectivity index (χ4n) is 1.51. The van der Waals surface area contributed by atoms with E-state index in [-0.39, 0.29) is 6.10 Å². The molecule has 0 fully saturated rings. The number of rotatable bonds is 2. The van der Waals surface area contributed by atoms with Crippen molar-refractivity contribution in [1.29, 1.82) is 0 Å². The Balaban J connectivity index is 2.32. The van der Waals surface area contributed by atoms with E-state index in [0.29, 0.717) is 0 Å². The second kappa shape index (κ2) is 3.74. The molecule has 1 aromatic rings. The Morgan fingerprint density at radius 1 is 1.43 bits per heavy atom. The van der Waals surface area contributed by atoms with Crippen molar-refractivity contribution < 1.29 is 9.47 Å². The van der Waals surface area contributed by atoms with Gasteiger partial charge in [-0.25, -0.2) is 0 Å². The van der Waals surface area contributed by atoms with Gasteiger partial charge in [0.1, 0.15) is 17.6 Å². The van der Waals surface area contributed by atoms with Crippen molar-refractivity contribution in [1.82, 2.24) is 0 Å². The standard InChI is InChI=1S/C12H14O2/c1-3-10-6-4-9-5-7-11(13-2)8-12(9)14-10/h4-8,10H,3H2,1-2H3/t10-/m1/s1. The molecule has 0 saturated carbocycles. The zero-order valence-corrected chi connectivity index (χ0v) is 8.49. The minimum absolute atomic E-state index is 0.203. The molecule has 0 aromatic heterocycles. The Kier molecular flexibility index (Phi) is 2.44. The topological polar surface area (TPSA) is 18.5 Å². The molecule has 0 aliphatic carbocycles. The summed E-state index contributed by atoms with van der Waals surface area (Å²) in [6.45, 7) is 2.11. The van der Waals surface area contributed by atoms with Crippen LogP contribution in [-0.2, 0) is 0 Å². The van der Waals surface area contributed by atoms with Gasteiger partial charge >= 0.3 is 0 Å². The second-order valence-corrected chi connectivity index (χ2v) is 3.33. The highest BCUT2D eigenvalue weighted by molar-refractivity contribution is 5.61. The summed E-state index contributed by atoms with van der Waals surface area (Å²) in [4.78, 5) is 0. The fourth-order valence-corrected chi connectivity index (χ4v) is 1.51. The maximum Gasteiger partial charge on any atom is 0.131 e. The third-order valence-electron chi connectivity index (χ3n) is 2.39. The minimum atomic E-state index is 0.203. The van der Waals surface area contributed by atoms with Crippen LogP contribution in [0.5, 0.6) is 11.5 Å². The lowest BCUT2D eigenvalue weighted by atomic mass is 10.1. The lowest BCUT2D eigenvalue weighted by Gasteiger charge is -2.20. The molecular formula is C12H14O2. The molecule has 2 rings (SSSR count). The molecule has 2 nitrogen and oxygen atoms in total. The maximum atomic E-state index is 5.76. The molecule has 0 saturated heterocycles. The molecule has 1 aliphatic rings. The van der Waals surface area contributed by atoms with Crippen LogP contribution in [0.15, 0.2) is 24.3 Å². The molecule has 1 aliphatic heterocycles. The van der Waals surface area contributed by atoms with Crippen LogP contribution in [0.4, 0.5) is 0 Å². The van der Waals surface area contributed by atoms with Gasteiger partial charge in [0.05, 0.1) is 7.11 Å². The summed E-state index contributed by atoms with van der Waals surface area (Å²) in [6, 6.07) is 5.89. The second-order valence-electron chi connectivity index (χ2n) is 3.33. The number of methoxy groups -OCH3 is 1. The van der Waals surface area contributed by atoms with Gasteiger partial charge in [-0.2, -0.15) is 0 Å². The molecule has 0 unspecified atom stereocenters. The summed E-state index contributed by atoms with van der Waals surface area (Å²) in [5, 5.41) is 0. The molecule has 74 valence electrons. The van der Waals surface area contributed by atoms with Crippen LogP contribution in [0.2, 0.25) is 0 Å². The zero-order valence-electron chi connectivity index (χ0n) is 8.49. The SMILES string of the molecule is CC[C@@H]1C=Cc2ccc(OC)cc2O1. The summed E-state index contributed by atoms with van der Waals surface area (Å²) in [7, 11) is 1.66. The van der Waals surface area contributed by atoms with Crippen LogP contribution in [0.3, 0.4) is 0 Å². The fraction of sp³-hybridized carbons (Fsp3) is 0.333. The normalized spacial score (nSPS) is 18.6. The average Bonchev–Trinajstić information content (AvgIpc) is 2.27. The van der Waals surface area contributed by atoms with Gasteiger partial charge in [0.25, 0.3) is 0 Å². The zero-order chi connectivity index (χ0) is 9.97. The Morgan fingerprint density at radius 3 is 3.00 bits per heavy atom. The highest BCUT2D eigenvalue weighted by Crippen LogP contribution is 2.30. The summed E-state index contributed by atoms with van der Waals surface area (Å²) < 4.78 is 10.9. The first-order valence-electron chi connectivity index (χ1n) is 4.86. The van der Waals surface area contributed by atoms with E-state index in [1.165, 1.54) is 0 Å². The number of benzene rings is 1. The van der Waals surface area contributed by atoms with Gasteiger partial charge in [0, 0.05) is 11.6 Å². The van der Waals surface area contributed by atoms with Crippen molar-refractivity contribution in [3.8, 4) is 11.5 Å². The van der Waals surface area contributed by atoms with E-state index in [4.69, 9.17) is 9.47 Å². The largest absolute Gasteiger partial charge is 0.497 e. The van der Waals surface area contributed by atoms with E-state index in [0.717, 1.165) is 23.5 Å². The van der Waals surface area contributed by atoms with Crippen molar-refractivity contribution in [2.45, 2.75) is 19.4 Å². The maximum absolute atomic E-state index is 5.76. The third-order valence-corrected chi connectivity index (χ3v) is 2.39. The molecule has 0 amide bonds. The molecule has 1 heterocycles. The van der Waals surface area contributed by atoms with Gasteiger partial charge < -0.3 is 9.47 Å². The van der Waals surface area contributed by atoms with Gasteiger partial charge in [-0.15, -0.1) is 0 Å². The molecular weight excluding hydrogens is 176 g/mol. The summed E-state index contributed by atoms with van der Waals surface area (Å²) in [5.74, 6) is 1.76. The van der Waals surface area contributed by atoms with Crippen molar-refractivity contribution in [3.05, 3.63) is 29.8 Å². The molecule has 0 N–H and O–H groups in total. The van der Waals surface area contributed by atoms with Gasteiger partial charge in [0.2, 0.25) is 0 Å². The number of ether oxygens (including phenoxy) is 2. The monoisotopic (exact) mass is 190 g/mol. The first-order chi connectivity index (χ1) is 6.83. The Morgan fingerprint density at radius 2 is 2.29 bits per heavy atom. The van der Waals surface area contributed by atoms with Gasteiger partial charge in [-0.05, 0) is 24.6 Å². The molecule has 0 radical (unpaired) electrons. The predicted molar refractivity (Wildman–Crippen MR) is 56.7 cm³/mol. The van der Waals surface area contributed by atoms with E-state index in [9.17, 15) is 0 Å². The van der Waals surface area contributed by atoms with E-state index in [2.05, 4.69) is 19.1 Å². The highest BCUT2D eigenvalue weighted by Gasteiger charge is 2.13. The van der Waals surface area contributed by atoms with Crippen LogP contribution in [0, 0.1) is 0 Å². The quantitative estimate of drug-likeness (QED) is 0.714. The summed E-state index contributed by atoms with van der Waals surface area (Å²) in [5.41, 5.74) is 1.12. The lowest BCUT2D eigenvalue weighted by Crippen LogP contribution is -2.15. The van der Waals surface area contributed by atoms with Gasteiger partial charge in [-0.3, -0.25) is 0 Å². The van der Waals surface area contributed by atoms with E-state index >= 15 is 0 Å². The smallest absolute Gasteiger partial charge is 0.131 e. The molecule has 1 atom stereocenters. The molecule has 0 spiro atoms. The Hall–Kier alpha value is -1.44. The van der Waals surface area contributed by atoms with Crippen LogP contribution >= 0.6 is 0 Å². The number of hydrogen-bond donors (Lipinski definition) is 0. The number of hydrogen-bond acceptors (Lipinski definition) is 2. The summed E-state index contributed by atoms with van der Waals surface area (Å²) in [6.07, 6.45) is 5.39. The van der Waals surface area contributed by atoms with Crippen LogP contribution < -0.4 is 9.47 Å². The average molecular weight is 190 g/mol. The van der Waals surface area contributed by atoms with Gasteiger partial charge in [-0.1, -0.05) is 13.0 Å².